The second kappa shape index (κ2) is 7.23. The van der Waals surface area contributed by atoms with Crippen LogP contribution >= 0.6 is 11.3 Å². The fraction of sp³-hybridized carbons (Fsp3) is 0.368. The minimum Gasteiger partial charge on any atom is -0.484 e. The molecular weight excluding hydrogens is 380 g/mol. The smallest absolute Gasteiger partial charge is 0.276 e. The first-order valence-electron chi connectivity index (χ1n) is 8.92. The van der Waals surface area contributed by atoms with Crippen LogP contribution in [0.4, 0.5) is 0 Å². The topological polar surface area (TPSA) is 88.8 Å². The quantitative estimate of drug-likeness (QED) is 0.668. The largest absolute Gasteiger partial charge is 0.484 e. The second-order valence-electron chi connectivity index (χ2n) is 6.71. The SMILES string of the molecule is Cc1nc2cc(OCc3nc(C(=O)N4CCN(C)C(=O)[C@@H]4C)co3)ccc2s1. The van der Waals surface area contributed by atoms with Gasteiger partial charge in [0.25, 0.3) is 5.91 Å². The minimum absolute atomic E-state index is 0.0840. The zero-order valence-electron chi connectivity index (χ0n) is 15.8. The molecule has 4 rings (SSSR count). The molecule has 28 heavy (non-hydrogen) atoms. The van der Waals surface area contributed by atoms with Gasteiger partial charge < -0.3 is 19.0 Å². The molecule has 1 aromatic carbocycles. The summed E-state index contributed by atoms with van der Waals surface area (Å²) in [5.74, 6) is 0.552. The summed E-state index contributed by atoms with van der Waals surface area (Å²) in [6.07, 6.45) is 1.31. The number of fused-ring (bicyclic) bond motifs is 1. The molecule has 1 aliphatic rings. The lowest BCUT2D eigenvalue weighted by atomic mass is 10.1. The molecule has 146 valence electrons. The van der Waals surface area contributed by atoms with Crippen LogP contribution in [0, 0.1) is 6.92 Å². The van der Waals surface area contributed by atoms with E-state index >= 15 is 0 Å². The van der Waals surface area contributed by atoms with Crippen molar-refractivity contribution in [2.75, 3.05) is 20.1 Å². The maximum absolute atomic E-state index is 12.7. The highest BCUT2D eigenvalue weighted by Crippen LogP contribution is 2.26. The molecule has 0 spiro atoms. The van der Waals surface area contributed by atoms with Crippen molar-refractivity contribution < 1.29 is 18.7 Å². The first-order valence-corrected chi connectivity index (χ1v) is 9.74. The van der Waals surface area contributed by atoms with E-state index in [-0.39, 0.29) is 24.1 Å². The van der Waals surface area contributed by atoms with Crippen LogP contribution < -0.4 is 4.74 Å². The standard InChI is InChI=1S/C19H20N4O4S/c1-11-18(24)22(3)6-7-23(11)19(25)15-9-27-17(21-15)10-26-13-4-5-16-14(8-13)20-12(2)28-16/h4-5,8-9,11H,6-7,10H2,1-3H3/t11-/m0/s1. The maximum Gasteiger partial charge on any atom is 0.276 e. The van der Waals surface area contributed by atoms with Crippen LogP contribution in [-0.2, 0) is 11.4 Å². The number of nitrogens with zero attached hydrogens (tertiary/aromatic N) is 4. The monoisotopic (exact) mass is 400 g/mol. The van der Waals surface area contributed by atoms with Crippen LogP contribution in [0.25, 0.3) is 10.2 Å². The molecule has 1 saturated heterocycles. The van der Waals surface area contributed by atoms with Crippen molar-refractivity contribution in [1.29, 1.82) is 0 Å². The Kier molecular flexibility index (Phi) is 4.76. The Labute approximate surface area is 165 Å². The van der Waals surface area contributed by atoms with Crippen LogP contribution in [-0.4, -0.2) is 57.8 Å². The number of carbonyl (C=O) groups is 2. The molecule has 0 radical (unpaired) electrons. The number of piperazine rings is 1. The highest BCUT2D eigenvalue weighted by molar-refractivity contribution is 7.18. The highest BCUT2D eigenvalue weighted by Gasteiger charge is 2.34. The van der Waals surface area contributed by atoms with Gasteiger partial charge >= 0.3 is 0 Å². The zero-order chi connectivity index (χ0) is 19.8. The highest BCUT2D eigenvalue weighted by atomic mass is 32.1. The molecule has 3 aromatic rings. The summed E-state index contributed by atoms with van der Waals surface area (Å²) < 4.78 is 12.2. The van der Waals surface area contributed by atoms with E-state index in [2.05, 4.69) is 9.97 Å². The van der Waals surface area contributed by atoms with Gasteiger partial charge in [0.05, 0.1) is 15.2 Å². The summed E-state index contributed by atoms with van der Waals surface area (Å²) in [6.45, 7) is 4.75. The Balaban J connectivity index is 1.42. The van der Waals surface area contributed by atoms with Crippen molar-refractivity contribution in [2.24, 2.45) is 0 Å². The molecule has 1 aliphatic heterocycles. The van der Waals surface area contributed by atoms with E-state index in [1.54, 1.807) is 30.2 Å². The number of aryl methyl sites for hydroxylation is 1. The molecular formula is C19H20N4O4S. The molecule has 3 heterocycles. The van der Waals surface area contributed by atoms with E-state index in [0.29, 0.717) is 24.7 Å². The van der Waals surface area contributed by atoms with Gasteiger partial charge in [-0.15, -0.1) is 11.3 Å². The average Bonchev–Trinajstić information content (AvgIpc) is 3.29. The summed E-state index contributed by atoms with van der Waals surface area (Å²) >= 11 is 1.63. The molecule has 2 aromatic heterocycles. The second-order valence-corrected chi connectivity index (χ2v) is 7.95. The Morgan fingerprint density at radius 2 is 2.18 bits per heavy atom. The predicted octanol–water partition coefficient (Wildman–Crippen LogP) is 2.47. The third kappa shape index (κ3) is 3.45. The van der Waals surface area contributed by atoms with Gasteiger partial charge in [0, 0.05) is 26.2 Å². The van der Waals surface area contributed by atoms with E-state index in [1.165, 1.54) is 11.2 Å². The summed E-state index contributed by atoms with van der Waals surface area (Å²) in [5.41, 5.74) is 1.06. The Bertz CT molecular complexity index is 1040. The van der Waals surface area contributed by atoms with Gasteiger partial charge in [0.15, 0.2) is 12.3 Å². The lowest BCUT2D eigenvalue weighted by Crippen LogP contribution is -2.56. The number of rotatable bonds is 4. The van der Waals surface area contributed by atoms with Crippen LogP contribution in [0.5, 0.6) is 5.75 Å². The lowest BCUT2D eigenvalue weighted by molar-refractivity contribution is -0.137. The normalized spacial score (nSPS) is 17.4. The average molecular weight is 400 g/mol. The number of oxazole rings is 1. The minimum atomic E-state index is -0.518. The number of ether oxygens (including phenoxy) is 1. The van der Waals surface area contributed by atoms with Crippen molar-refractivity contribution in [3.05, 3.63) is 41.1 Å². The van der Waals surface area contributed by atoms with Crippen LogP contribution in [0.3, 0.4) is 0 Å². The summed E-state index contributed by atoms with van der Waals surface area (Å²) in [4.78, 5) is 36.6. The van der Waals surface area contributed by atoms with Crippen molar-refractivity contribution >= 4 is 33.4 Å². The Morgan fingerprint density at radius 1 is 1.36 bits per heavy atom. The number of amides is 2. The van der Waals surface area contributed by atoms with Gasteiger partial charge in [-0.05, 0) is 26.0 Å². The van der Waals surface area contributed by atoms with E-state index < -0.39 is 6.04 Å². The maximum atomic E-state index is 12.7. The van der Waals surface area contributed by atoms with Gasteiger partial charge in [-0.3, -0.25) is 9.59 Å². The number of benzene rings is 1. The molecule has 0 saturated carbocycles. The van der Waals surface area contributed by atoms with Gasteiger partial charge in [-0.2, -0.15) is 0 Å². The summed E-state index contributed by atoms with van der Waals surface area (Å²) in [6, 6.07) is 5.18. The fourth-order valence-electron chi connectivity index (χ4n) is 3.17. The summed E-state index contributed by atoms with van der Waals surface area (Å²) in [7, 11) is 1.73. The first-order chi connectivity index (χ1) is 13.4. The van der Waals surface area contributed by atoms with Gasteiger partial charge in [0.2, 0.25) is 11.8 Å². The van der Waals surface area contributed by atoms with Crippen molar-refractivity contribution in [1.82, 2.24) is 19.8 Å². The lowest BCUT2D eigenvalue weighted by Gasteiger charge is -2.36. The Hall–Kier alpha value is -2.94. The van der Waals surface area contributed by atoms with Crippen LogP contribution in [0.15, 0.2) is 28.9 Å². The van der Waals surface area contributed by atoms with Crippen LogP contribution in [0.1, 0.15) is 28.3 Å². The van der Waals surface area contributed by atoms with E-state index in [1.807, 2.05) is 25.1 Å². The summed E-state index contributed by atoms with van der Waals surface area (Å²) in [5, 5.41) is 1.000. The molecule has 1 fully saturated rings. The number of hydrogen-bond donors (Lipinski definition) is 0. The molecule has 0 aliphatic carbocycles. The number of likely N-dealkylation sites (N-methyl/N-ethyl adjacent to an activating group) is 1. The van der Waals surface area contributed by atoms with E-state index in [0.717, 1.165) is 15.2 Å². The van der Waals surface area contributed by atoms with E-state index in [9.17, 15) is 9.59 Å². The molecule has 0 unspecified atom stereocenters. The van der Waals surface area contributed by atoms with Crippen molar-refractivity contribution in [2.45, 2.75) is 26.5 Å². The third-order valence-electron chi connectivity index (χ3n) is 4.74. The van der Waals surface area contributed by atoms with E-state index in [4.69, 9.17) is 9.15 Å². The fourth-order valence-corrected chi connectivity index (χ4v) is 3.98. The molecule has 0 bridgehead atoms. The number of hydrogen-bond acceptors (Lipinski definition) is 7. The third-order valence-corrected chi connectivity index (χ3v) is 5.69. The Morgan fingerprint density at radius 3 is 3.00 bits per heavy atom. The van der Waals surface area contributed by atoms with Crippen LogP contribution in [0.2, 0.25) is 0 Å². The van der Waals surface area contributed by atoms with Crippen molar-refractivity contribution in [3.63, 3.8) is 0 Å². The number of thiazole rings is 1. The van der Waals surface area contributed by atoms with Gasteiger partial charge in [-0.25, -0.2) is 9.97 Å². The predicted molar refractivity (Wildman–Crippen MR) is 103 cm³/mol. The molecule has 9 heteroatoms. The van der Waals surface area contributed by atoms with Crippen molar-refractivity contribution in [3.8, 4) is 5.75 Å². The number of carbonyl (C=O) groups excluding carboxylic acids is 2. The molecule has 8 nitrogen and oxygen atoms in total. The zero-order valence-corrected chi connectivity index (χ0v) is 16.7. The van der Waals surface area contributed by atoms with Gasteiger partial charge in [-0.1, -0.05) is 0 Å². The molecule has 1 atom stereocenters. The molecule has 0 N–H and O–H groups in total. The molecule has 2 amide bonds. The van der Waals surface area contributed by atoms with Gasteiger partial charge in [0.1, 0.15) is 18.1 Å². The number of aromatic nitrogens is 2. The first kappa shape index (κ1) is 18.4.